The Labute approximate surface area is 212 Å². The van der Waals surface area contributed by atoms with Gasteiger partial charge in [0.15, 0.2) is 0 Å². The van der Waals surface area contributed by atoms with Crippen LogP contribution in [0.2, 0.25) is 0 Å². The molecule has 5 heteroatoms. The van der Waals surface area contributed by atoms with Crippen molar-refractivity contribution in [2.45, 2.75) is 9.92 Å². The largest absolute Gasteiger partial charge is 2.00 e. The van der Waals surface area contributed by atoms with E-state index in [4.69, 9.17) is 1.37 Å². The van der Waals surface area contributed by atoms with E-state index < -0.39 is 0 Å². The first kappa shape index (κ1) is 20.4. The van der Waals surface area contributed by atoms with Gasteiger partial charge in [0.2, 0.25) is 0 Å². The summed E-state index contributed by atoms with van der Waals surface area (Å²) in [5.74, 6) is 0.713. The first-order valence-electron chi connectivity index (χ1n) is 10.8. The molecule has 3 heterocycles. The van der Waals surface area contributed by atoms with Crippen LogP contribution in [0.4, 0.5) is 0 Å². The summed E-state index contributed by atoms with van der Waals surface area (Å²) in [6.07, 6.45) is 3.47. The van der Waals surface area contributed by atoms with Gasteiger partial charge in [-0.05, 0) is 41.2 Å². The Hall–Kier alpha value is -3.20. The Kier molecular flexibility index (Phi) is 5.78. The molecule has 6 aromatic rings. The van der Waals surface area contributed by atoms with Crippen LogP contribution in [-0.4, -0.2) is 14.5 Å². The number of pyridine rings is 2. The van der Waals surface area contributed by atoms with Crippen molar-refractivity contribution in [3.63, 3.8) is 0 Å². The molecule has 0 aliphatic heterocycles. The average molecular weight is 624 g/mol. The molecule has 6 rings (SSSR count). The first-order valence-corrected chi connectivity index (χ1v) is 11.1. The van der Waals surface area contributed by atoms with E-state index in [1.54, 1.807) is 36.3 Å². The second kappa shape index (κ2) is 9.35. The molecule has 0 radical (unpaired) electrons. The maximum Gasteiger partial charge on any atom is 2.00 e. The Morgan fingerprint density at radius 3 is 2.45 bits per heavy atom. The topological polar surface area (TPSA) is 30.7 Å². The van der Waals surface area contributed by atoms with Gasteiger partial charge in [0.25, 0.3) is 0 Å². The van der Waals surface area contributed by atoms with Crippen molar-refractivity contribution in [1.82, 2.24) is 14.5 Å². The molecule has 3 nitrogen and oxygen atoms in total. The molecule has 0 N–H and O–H groups in total. The minimum absolute atomic E-state index is 0. The molecule has 0 aliphatic carbocycles. The predicted octanol–water partition coefficient (Wildman–Crippen LogP) is 6.99. The summed E-state index contributed by atoms with van der Waals surface area (Å²) >= 11 is 1.59. The van der Waals surface area contributed by atoms with Gasteiger partial charge < -0.3 is 4.57 Å². The number of rotatable bonds is 4. The molecule has 160 valence electrons. The summed E-state index contributed by atoms with van der Waals surface area (Å²) in [6.45, 7) is 0. The Balaban J connectivity index is 0.00000241. The summed E-state index contributed by atoms with van der Waals surface area (Å²) in [5.41, 5.74) is 3.90. The normalized spacial score (nSPS) is 11.3. The fraction of sp³-hybridized carbons (Fsp3) is 0. The van der Waals surface area contributed by atoms with Gasteiger partial charge in [-0.3, -0.25) is 0 Å². The monoisotopic (exact) mass is 623 g/mol. The molecule has 3 aromatic heterocycles. The number of para-hydroxylation sites is 1. The summed E-state index contributed by atoms with van der Waals surface area (Å²) < 4.78 is 10.2. The van der Waals surface area contributed by atoms with Crippen molar-refractivity contribution < 1.29 is 22.4 Å². The van der Waals surface area contributed by atoms with Gasteiger partial charge in [-0.15, -0.1) is 12.1 Å². The quantitative estimate of drug-likeness (QED) is 0.199. The molecule has 0 atom stereocenters. The molecule has 3 aromatic carbocycles. The zero-order chi connectivity index (χ0) is 22.2. The second-order valence-corrected chi connectivity index (χ2v) is 8.36. The van der Waals surface area contributed by atoms with Gasteiger partial charge in [-0.2, -0.15) is 30.3 Å². The number of nitrogens with zero attached hydrogens (tertiary/aromatic N) is 3. The summed E-state index contributed by atoms with van der Waals surface area (Å²) in [5, 5.41) is 3.17. The van der Waals surface area contributed by atoms with Crippen molar-refractivity contribution in [3.05, 3.63) is 115 Å². The second-order valence-electron chi connectivity index (χ2n) is 7.30. The number of benzene rings is 3. The summed E-state index contributed by atoms with van der Waals surface area (Å²) in [7, 11) is 0. The molecular formula is C28H17N3PtS. The smallest absolute Gasteiger partial charge is 0.314 e. The third-order valence-electron chi connectivity index (χ3n) is 5.31. The van der Waals surface area contributed by atoms with Crippen molar-refractivity contribution in [2.24, 2.45) is 0 Å². The van der Waals surface area contributed by atoms with Crippen LogP contribution in [0.1, 0.15) is 1.37 Å². The van der Waals surface area contributed by atoms with E-state index in [9.17, 15) is 0 Å². The van der Waals surface area contributed by atoms with Crippen molar-refractivity contribution in [2.75, 3.05) is 0 Å². The molecule has 33 heavy (non-hydrogen) atoms. The molecule has 0 unspecified atom stereocenters. The van der Waals surface area contributed by atoms with Crippen molar-refractivity contribution in [1.29, 1.82) is 0 Å². The third kappa shape index (κ3) is 4.13. The van der Waals surface area contributed by atoms with Gasteiger partial charge in [0, 0.05) is 17.9 Å². The molecule has 0 bridgehead atoms. The van der Waals surface area contributed by atoms with E-state index in [0.29, 0.717) is 11.9 Å². The Morgan fingerprint density at radius 1 is 0.727 bits per heavy atom. The minimum Gasteiger partial charge on any atom is -0.314 e. The Bertz CT molecular complexity index is 1620. The van der Waals surface area contributed by atoms with Crippen LogP contribution in [0, 0.1) is 12.1 Å². The van der Waals surface area contributed by atoms with Crippen LogP contribution < -0.4 is 0 Å². The molecule has 0 amide bonds. The molecule has 0 spiro atoms. The number of fused-ring (bicyclic) bond motifs is 3. The third-order valence-corrected chi connectivity index (χ3v) is 6.22. The van der Waals surface area contributed by atoms with Crippen LogP contribution in [-0.2, 0) is 21.1 Å². The van der Waals surface area contributed by atoms with E-state index in [1.807, 2.05) is 42.5 Å². The van der Waals surface area contributed by atoms with Crippen molar-refractivity contribution >= 4 is 33.6 Å². The molecule has 0 aliphatic rings. The number of aromatic nitrogens is 3. The maximum atomic E-state index is 8.07. The SMILES string of the molecule is [2H]c1ccnc(-n2c3[c-]c(-c4[c-]c(Sc5ccccn5)ccc4)ccc3c3ccccc32)c1.[Pt+2]. The molecule has 0 fully saturated rings. The van der Waals surface area contributed by atoms with Gasteiger partial charge in [0.1, 0.15) is 5.82 Å². The summed E-state index contributed by atoms with van der Waals surface area (Å²) in [6, 6.07) is 35.5. The van der Waals surface area contributed by atoms with Crippen molar-refractivity contribution in [3.8, 4) is 16.9 Å². The number of hydrogen-bond donors (Lipinski definition) is 0. The zero-order valence-electron chi connectivity index (χ0n) is 18.3. The van der Waals surface area contributed by atoms with Gasteiger partial charge in [-0.25, -0.2) is 21.1 Å². The van der Waals surface area contributed by atoms with Gasteiger partial charge >= 0.3 is 21.1 Å². The number of hydrogen-bond acceptors (Lipinski definition) is 3. The van der Waals surface area contributed by atoms with Gasteiger partial charge in [-0.1, -0.05) is 52.4 Å². The maximum absolute atomic E-state index is 8.07. The molecule has 0 saturated carbocycles. The van der Waals surface area contributed by atoms with E-state index in [0.717, 1.165) is 42.9 Å². The Morgan fingerprint density at radius 2 is 1.58 bits per heavy atom. The first-order chi connectivity index (χ1) is 16.3. The zero-order valence-corrected chi connectivity index (χ0v) is 20.4. The van der Waals surface area contributed by atoms with E-state index in [2.05, 4.69) is 57.0 Å². The molecular weight excluding hydrogens is 605 g/mol. The predicted molar refractivity (Wildman–Crippen MR) is 130 cm³/mol. The van der Waals surface area contributed by atoms with E-state index in [-0.39, 0.29) is 21.1 Å². The van der Waals surface area contributed by atoms with Gasteiger partial charge in [0.05, 0.1) is 6.40 Å². The van der Waals surface area contributed by atoms with Crippen LogP contribution in [0.25, 0.3) is 38.8 Å². The van der Waals surface area contributed by atoms with Crippen LogP contribution >= 0.6 is 11.8 Å². The van der Waals surface area contributed by atoms with Crippen LogP contribution in [0.5, 0.6) is 0 Å². The minimum atomic E-state index is 0. The van der Waals surface area contributed by atoms with Crippen LogP contribution in [0.15, 0.2) is 113 Å². The average Bonchev–Trinajstić information content (AvgIpc) is 3.18. The summed E-state index contributed by atoms with van der Waals surface area (Å²) in [4.78, 5) is 9.96. The standard InChI is InChI=1S/C28H17N3S.Pt/c1-2-11-25-23(10-1)24-15-14-21(19-26(24)31(25)27-12-3-5-16-29-27)20-8-7-9-22(18-20)32-28-13-4-6-17-30-28;/h1-17H;/q-2;+2/i3D;. The van der Waals surface area contributed by atoms with E-state index >= 15 is 0 Å². The molecule has 0 saturated heterocycles. The fourth-order valence-electron chi connectivity index (χ4n) is 3.91. The fourth-order valence-corrected chi connectivity index (χ4v) is 4.70. The van der Waals surface area contributed by atoms with Crippen LogP contribution in [0.3, 0.4) is 0 Å². The van der Waals surface area contributed by atoms with E-state index in [1.165, 1.54) is 0 Å².